The van der Waals surface area contributed by atoms with Crippen molar-refractivity contribution in [2.24, 2.45) is 0 Å². The lowest BCUT2D eigenvalue weighted by atomic mass is 10.0. The van der Waals surface area contributed by atoms with Crippen LogP contribution in [0.25, 0.3) is 0 Å². The van der Waals surface area contributed by atoms with Crippen molar-refractivity contribution in [3.05, 3.63) is 59.8 Å². The topological polar surface area (TPSA) is 74.3 Å². The molecule has 26 heavy (non-hydrogen) atoms. The first kappa shape index (κ1) is 19.6. The number of hydrogen-bond donors (Lipinski definition) is 2. The van der Waals surface area contributed by atoms with Crippen molar-refractivity contribution in [2.45, 2.75) is 26.3 Å². The first-order chi connectivity index (χ1) is 12.5. The average molecular weight is 354 g/mol. The number of anilines is 1. The summed E-state index contributed by atoms with van der Waals surface area (Å²) in [5.74, 6) is 0.225. The zero-order valence-corrected chi connectivity index (χ0v) is 15.5. The van der Waals surface area contributed by atoms with E-state index in [-0.39, 0.29) is 30.8 Å². The maximum absolute atomic E-state index is 12.6. The van der Waals surface area contributed by atoms with Crippen LogP contribution in [0, 0.1) is 6.92 Å². The molecule has 0 fully saturated rings. The number of amides is 2. The third-order valence-corrected chi connectivity index (χ3v) is 4.13. The third kappa shape index (κ3) is 5.67. The monoisotopic (exact) mass is 354 g/mol. The lowest BCUT2D eigenvalue weighted by molar-refractivity contribution is -0.126. The Hall–Kier alpha value is -2.73. The van der Waals surface area contributed by atoms with Crippen LogP contribution in [0.5, 0.6) is 0 Å². The smallest absolute Gasteiger partial charge is 0.241 e. The van der Waals surface area contributed by atoms with Gasteiger partial charge in [-0.2, -0.15) is 0 Å². The van der Waals surface area contributed by atoms with Crippen LogP contribution < -0.4 is 10.6 Å². The molecule has 1 atom stereocenters. The molecule has 138 valence electrons. The van der Waals surface area contributed by atoms with Crippen LogP contribution in [0.3, 0.4) is 0 Å². The first-order valence-electron chi connectivity index (χ1n) is 8.76. The number of nitrogens with zero attached hydrogens (tertiary/aromatic N) is 2. The Morgan fingerprint density at radius 3 is 2.50 bits per heavy atom. The number of rotatable bonds is 8. The molecule has 0 aliphatic carbocycles. The molecule has 0 bridgehead atoms. The highest BCUT2D eigenvalue weighted by molar-refractivity contribution is 5.90. The van der Waals surface area contributed by atoms with Crippen molar-refractivity contribution in [3.8, 4) is 0 Å². The van der Waals surface area contributed by atoms with Gasteiger partial charge in [-0.3, -0.25) is 14.5 Å². The van der Waals surface area contributed by atoms with Gasteiger partial charge in [-0.05, 0) is 37.7 Å². The quantitative estimate of drug-likeness (QED) is 0.764. The van der Waals surface area contributed by atoms with E-state index in [1.54, 1.807) is 12.3 Å². The van der Waals surface area contributed by atoms with E-state index in [0.29, 0.717) is 5.82 Å². The molecular weight excluding hydrogens is 328 g/mol. The van der Waals surface area contributed by atoms with Gasteiger partial charge in [-0.25, -0.2) is 4.98 Å². The van der Waals surface area contributed by atoms with Crippen molar-refractivity contribution in [1.29, 1.82) is 0 Å². The number of aromatic nitrogens is 1. The van der Waals surface area contributed by atoms with Gasteiger partial charge >= 0.3 is 0 Å². The molecule has 2 aromatic rings. The summed E-state index contributed by atoms with van der Waals surface area (Å²) < 4.78 is 0. The number of likely N-dealkylation sites (N-methyl/N-ethyl adjacent to an activating group) is 1. The van der Waals surface area contributed by atoms with Gasteiger partial charge in [-0.15, -0.1) is 0 Å². The molecule has 1 aromatic heterocycles. The van der Waals surface area contributed by atoms with Crippen molar-refractivity contribution < 1.29 is 9.59 Å². The van der Waals surface area contributed by atoms with Gasteiger partial charge in [0, 0.05) is 19.2 Å². The second-order valence-electron chi connectivity index (χ2n) is 6.20. The Balaban J connectivity index is 1.87. The molecule has 2 N–H and O–H groups in total. The molecular formula is C20H26N4O2. The molecule has 1 heterocycles. The normalized spacial score (nSPS) is 11.8. The number of carbonyl (C=O) groups is 2. The number of aryl methyl sites for hydroxylation is 1. The lowest BCUT2D eigenvalue weighted by Gasteiger charge is -2.26. The summed E-state index contributed by atoms with van der Waals surface area (Å²) in [7, 11) is 1.91. The highest BCUT2D eigenvalue weighted by Gasteiger charge is 2.23. The molecule has 0 unspecified atom stereocenters. The summed E-state index contributed by atoms with van der Waals surface area (Å²) in [5.41, 5.74) is 1.96. The number of carbonyl (C=O) groups excluding carboxylic acids is 2. The Bertz CT molecular complexity index is 716. The summed E-state index contributed by atoms with van der Waals surface area (Å²) >= 11 is 0. The summed E-state index contributed by atoms with van der Waals surface area (Å²) in [6.07, 6.45) is 1.89. The molecule has 0 spiro atoms. The van der Waals surface area contributed by atoms with Crippen LogP contribution >= 0.6 is 0 Å². The fourth-order valence-corrected chi connectivity index (χ4v) is 2.57. The molecule has 0 radical (unpaired) electrons. The van der Waals surface area contributed by atoms with Gasteiger partial charge in [0.15, 0.2) is 0 Å². The van der Waals surface area contributed by atoms with E-state index in [2.05, 4.69) is 15.6 Å². The van der Waals surface area contributed by atoms with Crippen LogP contribution in [0.1, 0.15) is 30.5 Å². The minimum absolute atomic E-state index is 0.109. The van der Waals surface area contributed by atoms with Crippen LogP contribution in [-0.2, 0) is 9.59 Å². The average Bonchev–Trinajstić information content (AvgIpc) is 2.64. The predicted molar refractivity (Wildman–Crippen MR) is 103 cm³/mol. The van der Waals surface area contributed by atoms with Crippen molar-refractivity contribution in [2.75, 3.05) is 25.5 Å². The summed E-state index contributed by atoms with van der Waals surface area (Å²) in [4.78, 5) is 30.7. The summed E-state index contributed by atoms with van der Waals surface area (Å²) in [6, 6.07) is 12.9. The fourth-order valence-electron chi connectivity index (χ4n) is 2.57. The van der Waals surface area contributed by atoms with Crippen LogP contribution in [-0.4, -0.2) is 41.8 Å². The summed E-state index contributed by atoms with van der Waals surface area (Å²) in [5, 5.41) is 5.59. The Kier molecular flexibility index (Phi) is 7.29. The maximum Gasteiger partial charge on any atom is 0.241 e. The zero-order chi connectivity index (χ0) is 18.9. The largest absolute Gasteiger partial charge is 0.354 e. The van der Waals surface area contributed by atoms with Gasteiger partial charge < -0.3 is 10.6 Å². The van der Waals surface area contributed by atoms with Gasteiger partial charge in [0.2, 0.25) is 11.8 Å². The number of benzene rings is 1. The molecule has 6 nitrogen and oxygen atoms in total. The Morgan fingerprint density at radius 2 is 1.88 bits per heavy atom. The Labute approximate surface area is 154 Å². The number of hydrogen-bond acceptors (Lipinski definition) is 4. The molecule has 6 heteroatoms. The van der Waals surface area contributed by atoms with E-state index < -0.39 is 0 Å². The van der Waals surface area contributed by atoms with E-state index in [1.807, 2.05) is 62.2 Å². The molecule has 2 rings (SSSR count). The minimum atomic E-state index is -0.372. The standard InChI is InChI=1S/C20H26N4O2/c1-4-24(3)19(16-8-6-5-7-9-16)20(26)21-13-12-18(25)23-17-11-10-15(2)14-22-17/h5-11,14,19H,4,12-13H2,1-3H3,(H,21,26)(H,22,23,25)/t19-/m1/s1. The van der Waals surface area contributed by atoms with E-state index in [0.717, 1.165) is 17.7 Å². The molecule has 0 saturated carbocycles. The van der Waals surface area contributed by atoms with Crippen molar-refractivity contribution >= 4 is 17.6 Å². The minimum Gasteiger partial charge on any atom is -0.354 e. The first-order valence-corrected chi connectivity index (χ1v) is 8.76. The van der Waals surface area contributed by atoms with E-state index in [9.17, 15) is 9.59 Å². The van der Waals surface area contributed by atoms with Crippen LogP contribution in [0.4, 0.5) is 5.82 Å². The zero-order valence-electron chi connectivity index (χ0n) is 15.5. The molecule has 2 amide bonds. The summed E-state index contributed by atoms with van der Waals surface area (Å²) in [6.45, 7) is 4.96. The number of pyridine rings is 1. The van der Waals surface area contributed by atoms with Crippen LogP contribution in [0.2, 0.25) is 0 Å². The lowest BCUT2D eigenvalue weighted by Crippen LogP contribution is -2.39. The van der Waals surface area contributed by atoms with E-state index in [1.165, 1.54) is 0 Å². The highest BCUT2D eigenvalue weighted by atomic mass is 16.2. The molecule has 0 aliphatic heterocycles. The Morgan fingerprint density at radius 1 is 1.15 bits per heavy atom. The maximum atomic E-state index is 12.6. The number of nitrogens with one attached hydrogen (secondary N) is 2. The van der Waals surface area contributed by atoms with E-state index >= 15 is 0 Å². The predicted octanol–water partition coefficient (Wildman–Crippen LogP) is 2.53. The van der Waals surface area contributed by atoms with E-state index in [4.69, 9.17) is 0 Å². The van der Waals surface area contributed by atoms with Gasteiger partial charge in [0.05, 0.1) is 0 Å². The molecule has 1 aromatic carbocycles. The molecule has 0 saturated heterocycles. The fraction of sp³-hybridized carbons (Fsp3) is 0.350. The van der Waals surface area contributed by atoms with Crippen LogP contribution in [0.15, 0.2) is 48.7 Å². The SMILES string of the molecule is CCN(C)[C@@H](C(=O)NCCC(=O)Nc1ccc(C)cn1)c1ccccc1. The van der Waals surface area contributed by atoms with Gasteiger partial charge in [0.25, 0.3) is 0 Å². The second-order valence-corrected chi connectivity index (χ2v) is 6.20. The van der Waals surface area contributed by atoms with Crippen molar-refractivity contribution in [1.82, 2.24) is 15.2 Å². The third-order valence-electron chi connectivity index (χ3n) is 4.13. The van der Waals surface area contributed by atoms with Gasteiger partial charge in [0.1, 0.15) is 11.9 Å². The van der Waals surface area contributed by atoms with Gasteiger partial charge in [-0.1, -0.05) is 43.3 Å². The van der Waals surface area contributed by atoms with Crippen molar-refractivity contribution in [3.63, 3.8) is 0 Å². The molecule has 0 aliphatic rings. The second kappa shape index (κ2) is 9.68. The highest BCUT2D eigenvalue weighted by Crippen LogP contribution is 2.19.